The van der Waals surface area contributed by atoms with Gasteiger partial charge in [0.1, 0.15) is 0 Å². The molecule has 0 aliphatic carbocycles. The fraction of sp³-hybridized carbons (Fsp3) is 0.350. The van der Waals surface area contributed by atoms with Crippen LogP contribution in [-0.2, 0) is 11.3 Å². The maximum atomic E-state index is 12.4. The normalized spacial score (nSPS) is 17.2. The minimum absolute atomic E-state index is 0.215. The predicted molar refractivity (Wildman–Crippen MR) is 94.0 cm³/mol. The van der Waals surface area contributed by atoms with Gasteiger partial charge in [0.15, 0.2) is 0 Å². The van der Waals surface area contributed by atoms with Crippen LogP contribution in [0.2, 0.25) is 0 Å². The van der Waals surface area contributed by atoms with Gasteiger partial charge in [-0.25, -0.2) is 0 Å². The molecule has 0 spiro atoms. The molecule has 0 radical (unpaired) electrons. The van der Waals surface area contributed by atoms with Gasteiger partial charge >= 0.3 is 0 Å². The molecule has 1 atom stereocenters. The van der Waals surface area contributed by atoms with E-state index >= 15 is 0 Å². The third-order valence-electron chi connectivity index (χ3n) is 4.52. The lowest BCUT2D eigenvalue weighted by Crippen LogP contribution is -2.33. The molecule has 1 saturated heterocycles. The number of amides is 1. The molecule has 0 bridgehead atoms. The van der Waals surface area contributed by atoms with Gasteiger partial charge in [0.25, 0.3) is 0 Å². The van der Waals surface area contributed by atoms with Crippen molar-refractivity contribution in [3.8, 4) is 11.1 Å². The lowest BCUT2D eigenvalue weighted by molar-refractivity contribution is -0.130. The fourth-order valence-corrected chi connectivity index (χ4v) is 3.20. The molecule has 0 saturated carbocycles. The van der Waals surface area contributed by atoms with Crippen molar-refractivity contribution in [1.82, 2.24) is 10.2 Å². The van der Waals surface area contributed by atoms with Crippen molar-refractivity contribution < 1.29 is 4.79 Å². The van der Waals surface area contributed by atoms with Gasteiger partial charge in [0.05, 0.1) is 0 Å². The lowest BCUT2D eigenvalue weighted by atomic mass is 9.99. The molecule has 1 N–H and O–H groups in total. The summed E-state index contributed by atoms with van der Waals surface area (Å²) in [5.74, 6) is 0.215. The molecule has 3 heteroatoms. The topological polar surface area (TPSA) is 32.3 Å². The van der Waals surface area contributed by atoms with Crippen LogP contribution in [-0.4, -0.2) is 30.4 Å². The second-order valence-corrected chi connectivity index (χ2v) is 6.27. The van der Waals surface area contributed by atoms with Gasteiger partial charge in [0, 0.05) is 26.1 Å². The van der Waals surface area contributed by atoms with E-state index < -0.39 is 0 Å². The Morgan fingerprint density at radius 1 is 1.13 bits per heavy atom. The smallest absolute Gasteiger partial charge is 0.224 e. The number of carbonyl (C=O) groups is 1. The first kappa shape index (κ1) is 15.8. The van der Waals surface area contributed by atoms with Crippen molar-refractivity contribution in [1.29, 1.82) is 0 Å². The van der Waals surface area contributed by atoms with Gasteiger partial charge in [-0.15, -0.1) is 0 Å². The highest BCUT2D eigenvalue weighted by Crippen LogP contribution is 2.24. The van der Waals surface area contributed by atoms with Crippen molar-refractivity contribution in [3.05, 3.63) is 60.2 Å². The summed E-state index contributed by atoms with van der Waals surface area (Å²) in [5.41, 5.74) is 3.59. The summed E-state index contributed by atoms with van der Waals surface area (Å²) in [5, 5.41) is 3.40. The Morgan fingerprint density at radius 3 is 2.61 bits per heavy atom. The van der Waals surface area contributed by atoms with E-state index in [9.17, 15) is 4.79 Å². The van der Waals surface area contributed by atoms with E-state index in [0.29, 0.717) is 19.0 Å². The zero-order valence-corrected chi connectivity index (χ0v) is 13.7. The van der Waals surface area contributed by atoms with Gasteiger partial charge in [-0.3, -0.25) is 4.79 Å². The highest BCUT2D eigenvalue weighted by atomic mass is 16.2. The summed E-state index contributed by atoms with van der Waals surface area (Å²) in [6.45, 7) is 1.69. The van der Waals surface area contributed by atoms with Crippen molar-refractivity contribution in [3.63, 3.8) is 0 Å². The average Bonchev–Trinajstić information content (AvgIpc) is 3.09. The summed E-state index contributed by atoms with van der Waals surface area (Å²) in [4.78, 5) is 14.3. The van der Waals surface area contributed by atoms with Gasteiger partial charge in [-0.1, -0.05) is 54.6 Å². The molecule has 120 valence electrons. The summed E-state index contributed by atoms with van der Waals surface area (Å²) in [6.07, 6.45) is 2.89. The second kappa shape index (κ2) is 7.42. The quantitative estimate of drug-likeness (QED) is 0.917. The molecule has 23 heavy (non-hydrogen) atoms. The van der Waals surface area contributed by atoms with E-state index in [-0.39, 0.29) is 5.91 Å². The number of carbonyl (C=O) groups excluding carboxylic acids is 1. The Bertz CT molecular complexity index is 648. The molecule has 1 aliphatic heterocycles. The van der Waals surface area contributed by atoms with E-state index in [1.807, 2.05) is 36.2 Å². The van der Waals surface area contributed by atoms with Crippen LogP contribution in [0.3, 0.4) is 0 Å². The number of hydrogen-bond acceptors (Lipinski definition) is 2. The van der Waals surface area contributed by atoms with E-state index in [0.717, 1.165) is 13.0 Å². The SMILES string of the molecule is CN(Cc1ccccc1-c1ccccc1)C(=O)CC1CCCN1. The standard InChI is InChI=1S/C20H24N2O/c1-22(20(23)14-18-11-7-13-21-18)15-17-10-5-6-12-19(17)16-8-3-2-4-9-16/h2-6,8-10,12,18,21H,7,11,13-15H2,1H3. The Morgan fingerprint density at radius 2 is 1.87 bits per heavy atom. The number of benzene rings is 2. The molecule has 1 unspecified atom stereocenters. The van der Waals surface area contributed by atoms with E-state index in [1.54, 1.807) is 0 Å². The number of rotatable bonds is 5. The summed E-state index contributed by atoms with van der Waals surface area (Å²) < 4.78 is 0. The van der Waals surface area contributed by atoms with E-state index in [1.165, 1.54) is 23.1 Å². The molecule has 3 nitrogen and oxygen atoms in total. The van der Waals surface area contributed by atoms with E-state index in [2.05, 4.69) is 35.6 Å². The Labute approximate surface area is 138 Å². The van der Waals surface area contributed by atoms with Crippen molar-refractivity contribution in [2.75, 3.05) is 13.6 Å². The average molecular weight is 308 g/mol. The number of nitrogens with zero attached hydrogens (tertiary/aromatic N) is 1. The first-order chi connectivity index (χ1) is 11.2. The minimum Gasteiger partial charge on any atom is -0.341 e. The summed E-state index contributed by atoms with van der Waals surface area (Å²) >= 11 is 0. The third kappa shape index (κ3) is 3.99. The maximum absolute atomic E-state index is 12.4. The maximum Gasteiger partial charge on any atom is 0.224 e. The first-order valence-electron chi connectivity index (χ1n) is 8.35. The highest BCUT2D eigenvalue weighted by Gasteiger charge is 2.20. The monoisotopic (exact) mass is 308 g/mol. The summed E-state index contributed by atoms with van der Waals surface area (Å²) in [7, 11) is 1.90. The number of nitrogens with one attached hydrogen (secondary N) is 1. The number of hydrogen-bond donors (Lipinski definition) is 1. The van der Waals surface area contributed by atoms with Crippen LogP contribution < -0.4 is 5.32 Å². The van der Waals surface area contributed by atoms with Gasteiger partial charge in [-0.2, -0.15) is 0 Å². The molecule has 3 rings (SSSR count). The van der Waals surface area contributed by atoms with Gasteiger partial charge in [-0.05, 0) is 36.1 Å². The van der Waals surface area contributed by atoms with Gasteiger partial charge < -0.3 is 10.2 Å². The molecule has 1 fully saturated rings. The lowest BCUT2D eigenvalue weighted by Gasteiger charge is -2.21. The van der Waals surface area contributed by atoms with Crippen LogP contribution in [0.15, 0.2) is 54.6 Å². The zero-order chi connectivity index (χ0) is 16.1. The second-order valence-electron chi connectivity index (χ2n) is 6.27. The van der Waals surface area contributed by atoms with Crippen molar-refractivity contribution >= 4 is 5.91 Å². The first-order valence-corrected chi connectivity index (χ1v) is 8.35. The third-order valence-corrected chi connectivity index (χ3v) is 4.52. The molecule has 1 amide bonds. The Hall–Kier alpha value is -2.13. The predicted octanol–water partition coefficient (Wildman–Crippen LogP) is 3.45. The molecular weight excluding hydrogens is 284 g/mol. The van der Waals surface area contributed by atoms with Crippen LogP contribution in [0.1, 0.15) is 24.8 Å². The highest BCUT2D eigenvalue weighted by molar-refractivity contribution is 5.77. The fourth-order valence-electron chi connectivity index (χ4n) is 3.20. The van der Waals surface area contributed by atoms with Crippen LogP contribution in [0.25, 0.3) is 11.1 Å². The Kier molecular flexibility index (Phi) is 5.09. The van der Waals surface area contributed by atoms with Crippen LogP contribution >= 0.6 is 0 Å². The Balaban J connectivity index is 1.71. The van der Waals surface area contributed by atoms with Gasteiger partial charge in [0.2, 0.25) is 5.91 Å². The van der Waals surface area contributed by atoms with Crippen LogP contribution in [0.5, 0.6) is 0 Å². The molecule has 1 aliphatic rings. The molecule has 1 heterocycles. The summed E-state index contributed by atoms with van der Waals surface area (Å²) in [6, 6.07) is 19.0. The molecular formula is C20H24N2O. The van der Waals surface area contributed by atoms with Crippen molar-refractivity contribution in [2.24, 2.45) is 0 Å². The van der Waals surface area contributed by atoms with Crippen LogP contribution in [0.4, 0.5) is 0 Å². The molecule has 2 aromatic carbocycles. The van der Waals surface area contributed by atoms with Crippen molar-refractivity contribution in [2.45, 2.75) is 31.8 Å². The zero-order valence-electron chi connectivity index (χ0n) is 13.7. The van der Waals surface area contributed by atoms with E-state index in [4.69, 9.17) is 0 Å². The molecule has 2 aromatic rings. The molecule has 0 aromatic heterocycles. The largest absolute Gasteiger partial charge is 0.341 e. The minimum atomic E-state index is 0.215. The van der Waals surface area contributed by atoms with Crippen LogP contribution in [0, 0.1) is 0 Å².